The van der Waals surface area contributed by atoms with Gasteiger partial charge in [-0.2, -0.15) is 0 Å². The van der Waals surface area contributed by atoms with Crippen molar-refractivity contribution in [3.05, 3.63) is 22.2 Å². The van der Waals surface area contributed by atoms with Gasteiger partial charge in [-0.05, 0) is 13.8 Å². The van der Waals surface area contributed by atoms with E-state index in [4.69, 9.17) is 12.2 Å². The highest BCUT2D eigenvalue weighted by Gasteiger charge is 1.88. The SMILES string of the molecule is Cc1ncc(=S)[nH]c1C. The van der Waals surface area contributed by atoms with Crippen LogP contribution in [0.25, 0.3) is 0 Å². The molecular weight excluding hydrogens is 132 g/mol. The summed E-state index contributed by atoms with van der Waals surface area (Å²) in [6.07, 6.45) is 1.65. The molecule has 3 heteroatoms. The maximum absolute atomic E-state index is 4.84. The van der Waals surface area contributed by atoms with E-state index in [-0.39, 0.29) is 0 Å². The highest BCUT2D eigenvalue weighted by molar-refractivity contribution is 7.71. The Morgan fingerprint density at radius 1 is 1.56 bits per heavy atom. The largest absolute Gasteiger partial charge is 0.347 e. The number of H-pyrrole nitrogens is 1. The van der Waals surface area contributed by atoms with Gasteiger partial charge in [-0.25, -0.2) is 0 Å². The van der Waals surface area contributed by atoms with E-state index in [0.29, 0.717) is 4.64 Å². The molecule has 0 amide bonds. The van der Waals surface area contributed by atoms with Crippen LogP contribution in [0.2, 0.25) is 0 Å². The van der Waals surface area contributed by atoms with Crippen LogP contribution in [-0.2, 0) is 0 Å². The van der Waals surface area contributed by atoms with Crippen LogP contribution >= 0.6 is 12.2 Å². The highest BCUT2D eigenvalue weighted by Crippen LogP contribution is 1.95. The van der Waals surface area contributed by atoms with Crippen molar-refractivity contribution in [2.75, 3.05) is 0 Å². The molecule has 0 spiro atoms. The first-order chi connectivity index (χ1) is 4.20. The second-order valence-electron chi connectivity index (χ2n) is 1.96. The molecule has 48 valence electrons. The van der Waals surface area contributed by atoms with Crippen molar-refractivity contribution in [2.45, 2.75) is 13.8 Å². The second-order valence-corrected chi connectivity index (χ2v) is 2.40. The molecule has 1 heterocycles. The summed E-state index contributed by atoms with van der Waals surface area (Å²) in [5, 5.41) is 0. The topological polar surface area (TPSA) is 28.7 Å². The van der Waals surface area contributed by atoms with Crippen LogP contribution in [-0.4, -0.2) is 9.97 Å². The first-order valence-electron chi connectivity index (χ1n) is 2.72. The average molecular weight is 140 g/mol. The molecule has 9 heavy (non-hydrogen) atoms. The van der Waals surface area contributed by atoms with Crippen LogP contribution < -0.4 is 0 Å². The van der Waals surface area contributed by atoms with Gasteiger partial charge in [0.15, 0.2) is 0 Å². The molecule has 0 saturated heterocycles. The normalized spacial score (nSPS) is 9.56. The Hall–Kier alpha value is -0.700. The fourth-order valence-corrected chi connectivity index (χ4v) is 0.766. The van der Waals surface area contributed by atoms with Crippen LogP contribution in [0.1, 0.15) is 11.4 Å². The number of nitrogens with one attached hydrogen (secondary N) is 1. The Balaban J connectivity index is 3.34. The summed E-state index contributed by atoms with van der Waals surface area (Å²) in [5.41, 5.74) is 2.05. The quantitative estimate of drug-likeness (QED) is 0.556. The maximum Gasteiger partial charge on any atom is 0.121 e. The molecule has 0 saturated carbocycles. The summed E-state index contributed by atoms with van der Waals surface area (Å²) >= 11 is 4.84. The van der Waals surface area contributed by atoms with Gasteiger partial charge in [0.05, 0.1) is 11.9 Å². The zero-order chi connectivity index (χ0) is 6.85. The minimum absolute atomic E-state index is 0.693. The zero-order valence-electron chi connectivity index (χ0n) is 5.43. The third-order valence-corrected chi connectivity index (χ3v) is 1.44. The number of nitrogens with zero attached hydrogens (tertiary/aromatic N) is 1. The molecule has 0 aliphatic rings. The third-order valence-electron chi connectivity index (χ3n) is 1.23. The summed E-state index contributed by atoms with van der Waals surface area (Å²) in [7, 11) is 0. The van der Waals surface area contributed by atoms with Crippen molar-refractivity contribution in [3.8, 4) is 0 Å². The van der Waals surface area contributed by atoms with E-state index in [1.54, 1.807) is 6.20 Å². The van der Waals surface area contributed by atoms with Gasteiger partial charge in [-0.1, -0.05) is 12.2 Å². The van der Waals surface area contributed by atoms with Gasteiger partial charge in [0.25, 0.3) is 0 Å². The molecule has 1 rings (SSSR count). The average Bonchev–Trinajstić information content (AvgIpc) is 1.80. The van der Waals surface area contributed by atoms with E-state index in [1.807, 2.05) is 13.8 Å². The van der Waals surface area contributed by atoms with Crippen molar-refractivity contribution in [1.29, 1.82) is 0 Å². The predicted octanol–water partition coefficient (Wildman–Crippen LogP) is 1.76. The van der Waals surface area contributed by atoms with Gasteiger partial charge >= 0.3 is 0 Å². The van der Waals surface area contributed by atoms with E-state index < -0.39 is 0 Å². The minimum Gasteiger partial charge on any atom is -0.347 e. The molecule has 1 aromatic heterocycles. The molecule has 0 unspecified atom stereocenters. The lowest BCUT2D eigenvalue weighted by atomic mass is 10.4. The molecule has 0 atom stereocenters. The van der Waals surface area contributed by atoms with Crippen LogP contribution in [0.5, 0.6) is 0 Å². The Morgan fingerprint density at radius 2 is 2.22 bits per heavy atom. The van der Waals surface area contributed by atoms with Gasteiger partial charge in [0, 0.05) is 5.69 Å². The number of rotatable bonds is 0. The molecule has 0 aliphatic carbocycles. The van der Waals surface area contributed by atoms with Gasteiger partial charge < -0.3 is 4.98 Å². The number of aryl methyl sites for hydroxylation is 2. The molecule has 1 N–H and O–H groups in total. The third kappa shape index (κ3) is 1.36. The molecule has 0 aliphatic heterocycles. The van der Waals surface area contributed by atoms with Crippen LogP contribution in [0.3, 0.4) is 0 Å². The van der Waals surface area contributed by atoms with Crippen molar-refractivity contribution in [2.24, 2.45) is 0 Å². The number of aromatic nitrogens is 2. The van der Waals surface area contributed by atoms with Crippen molar-refractivity contribution < 1.29 is 0 Å². The lowest BCUT2D eigenvalue weighted by molar-refractivity contribution is 1.03. The predicted molar refractivity (Wildman–Crippen MR) is 38.9 cm³/mol. The Bertz CT molecular complexity index is 264. The molecular formula is C6H8N2S. The van der Waals surface area contributed by atoms with Gasteiger partial charge in [0.1, 0.15) is 4.64 Å². The van der Waals surface area contributed by atoms with E-state index in [1.165, 1.54) is 0 Å². The highest BCUT2D eigenvalue weighted by atomic mass is 32.1. The molecule has 0 aromatic carbocycles. The smallest absolute Gasteiger partial charge is 0.121 e. The first-order valence-corrected chi connectivity index (χ1v) is 3.13. The van der Waals surface area contributed by atoms with Gasteiger partial charge in [-0.15, -0.1) is 0 Å². The lowest BCUT2D eigenvalue weighted by Gasteiger charge is -1.94. The standard InChI is InChI=1S/C6H8N2S/c1-4-5(2)8-6(9)3-7-4/h3H,1-2H3,(H,8,9). The van der Waals surface area contributed by atoms with Crippen LogP contribution in [0.4, 0.5) is 0 Å². The number of hydrogen-bond donors (Lipinski definition) is 1. The Morgan fingerprint density at radius 3 is 2.67 bits per heavy atom. The fourth-order valence-electron chi connectivity index (χ4n) is 0.560. The van der Waals surface area contributed by atoms with Gasteiger partial charge in [-0.3, -0.25) is 4.98 Å². The fraction of sp³-hybridized carbons (Fsp3) is 0.333. The van der Waals surface area contributed by atoms with Crippen molar-refractivity contribution in [1.82, 2.24) is 9.97 Å². The van der Waals surface area contributed by atoms with E-state index in [0.717, 1.165) is 11.4 Å². The Kier molecular flexibility index (Phi) is 1.62. The number of aromatic amines is 1. The molecule has 2 nitrogen and oxygen atoms in total. The van der Waals surface area contributed by atoms with E-state index in [2.05, 4.69) is 9.97 Å². The Labute approximate surface area is 59.0 Å². The monoisotopic (exact) mass is 140 g/mol. The van der Waals surface area contributed by atoms with Gasteiger partial charge in [0.2, 0.25) is 0 Å². The molecule has 1 aromatic rings. The lowest BCUT2D eigenvalue weighted by Crippen LogP contribution is -1.89. The van der Waals surface area contributed by atoms with Crippen LogP contribution in [0.15, 0.2) is 6.20 Å². The minimum atomic E-state index is 0.693. The maximum atomic E-state index is 4.84. The molecule has 0 fully saturated rings. The van der Waals surface area contributed by atoms with E-state index in [9.17, 15) is 0 Å². The summed E-state index contributed by atoms with van der Waals surface area (Å²) in [6, 6.07) is 0. The number of hydrogen-bond acceptors (Lipinski definition) is 2. The van der Waals surface area contributed by atoms with E-state index >= 15 is 0 Å². The summed E-state index contributed by atoms with van der Waals surface area (Å²) in [6.45, 7) is 3.90. The van der Waals surface area contributed by atoms with Crippen LogP contribution in [0, 0.1) is 18.5 Å². The van der Waals surface area contributed by atoms with Crippen molar-refractivity contribution >= 4 is 12.2 Å². The summed E-state index contributed by atoms with van der Waals surface area (Å²) < 4.78 is 0.693. The summed E-state index contributed by atoms with van der Waals surface area (Å²) in [5.74, 6) is 0. The molecule has 0 radical (unpaired) electrons. The second kappa shape index (κ2) is 2.27. The first kappa shape index (κ1) is 6.42. The van der Waals surface area contributed by atoms with Crippen molar-refractivity contribution in [3.63, 3.8) is 0 Å². The zero-order valence-corrected chi connectivity index (χ0v) is 6.25. The molecule has 0 bridgehead atoms. The summed E-state index contributed by atoms with van der Waals surface area (Å²) in [4.78, 5) is 7.03.